The minimum atomic E-state index is 0.0331. The molecule has 0 unspecified atom stereocenters. The van der Waals surface area contributed by atoms with Gasteiger partial charge in [0.15, 0.2) is 5.78 Å². The first-order valence-electron chi connectivity index (χ1n) is 5.55. The molecule has 0 aromatic heterocycles. The lowest BCUT2D eigenvalue weighted by molar-refractivity contribution is 0.0993. The van der Waals surface area contributed by atoms with Gasteiger partial charge in [0.05, 0.1) is 10.8 Å². The van der Waals surface area contributed by atoms with Crippen LogP contribution in [0.2, 0.25) is 0 Å². The summed E-state index contributed by atoms with van der Waals surface area (Å²) < 4.78 is 0. The molecule has 0 aliphatic carbocycles. The Hall–Kier alpha value is -2.09. The number of isothiocyanates is 1. The Kier molecular flexibility index (Phi) is 4.13. The highest BCUT2D eigenvalue weighted by Crippen LogP contribution is 2.20. The summed E-state index contributed by atoms with van der Waals surface area (Å²) in [4.78, 5) is 16.1. The number of hydrogen-bond acceptors (Lipinski definition) is 3. The van der Waals surface area contributed by atoms with Crippen molar-refractivity contribution in [3.8, 4) is 0 Å². The predicted octanol–water partition coefficient (Wildman–Crippen LogP) is 3.85. The number of para-hydroxylation sites is 1. The number of rotatable bonds is 4. The first kappa shape index (κ1) is 12.4. The van der Waals surface area contributed by atoms with Crippen LogP contribution in [0, 0.1) is 0 Å². The lowest BCUT2D eigenvalue weighted by atomic mass is 10.0. The second kappa shape index (κ2) is 6.01. The van der Waals surface area contributed by atoms with Crippen molar-refractivity contribution in [3.63, 3.8) is 0 Å². The fourth-order valence-corrected chi connectivity index (χ4v) is 1.83. The van der Waals surface area contributed by atoms with Crippen LogP contribution in [0.5, 0.6) is 0 Å². The minimum Gasteiger partial charge on any atom is -0.294 e. The summed E-state index contributed by atoms with van der Waals surface area (Å²) in [6, 6.07) is 16.8. The molecule has 0 aliphatic rings. The van der Waals surface area contributed by atoms with Crippen LogP contribution in [0.1, 0.15) is 15.9 Å². The molecule has 2 aromatic carbocycles. The highest BCUT2D eigenvalue weighted by atomic mass is 32.1. The molecule has 0 saturated heterocycles. The van der Waals surface area contributed by atoms with Crippen molar-refractivity contribution in [1.82, 2.24) is 0 Å². The topological polar surface area (TPSA) is 29.4 Å². The van der Waals surface area contributed by atoms with Crippen LogP contribution in [0.4, 0.5) is 5.69 Å². The Morgan fingerprint density at radius 1 is 1.06 bits per heavy atom. The number of aliphatic imine (C=N–C) groups is 1. The Bertz CT molecular complexity index is 601. The average molecular weight is 253 g/mol. The molecule has 2 rings (SSSR count). The molecular weight excluding hydrogens is 242 g/mol. The molecule has 2 nitrogen and oxygen atoms in total. The van der Waals surface area contributed by atoms with E-state index in [1.165, 1.54) is 0 Å². The van der Waals surface area contributed by atoms with Crippen molar-refractivity contribution < 1.29 is 4.79 Å². The fourth-order valence-electron chi connectivity index (χ4n) is 1.73. The van der Waals surface area contributed by atoms with Crippen molar-refractivity contribution in [2.75, 3.05) is 0 Å². The maximum atomic E-state index is 12.2. The maximum Gasteiger partial charge on any atom is 0.169 e. The highest BCUT2D eigenvalue weighted by Gasteiger charge is 2.10. The molecule has 18 heavy (non-hydrogen) atoms. The molecule has 0 amide bonds. The smallest absolute Gasteiger partial charge is 0.169 e. The van der Waals surface area contributed by atoms with E-state index in [0.29, 0.717) is 17.7 Å². The van der Waals surface area contributed by atoms with Crippen LogP contribution in [0.25, 0.3) is 0 Å². The van der Waals surface area contributed by atoms with Crippen molar-refractivity contribution in [2.45, 2.75) is 6.42 Å². The van der Waals surface area contributed by atoms with Crippen molar-refractivity contribution in [1.29, 1.82) is 0 Å². The van der Waals surface area contributed by atoms with Gasteiger partial charge in [-0.3, -0.25) is 4.79 Å². The lowest BCUT2D eigenvalue weighted by Gasteiger charge is -2.03. The van der Waals surface area contributed by atoms with E-state index in [1.807, 2.05) is 42.5 Å². The summed E-state index contributed by atoms with van der Waals surface area (Å²) in [5.74, 6) is 0.0331. The summed E-state index contributed by atoms with van der Waals surface area (Å²) in [6.45, 7) is 0. The molecule has 88 valence electrons. The van der Waals surface area contributed by atoms with Gasteiger partial charge in [-0.15, -0.1) is 0 Å². The fraction of sp³-hybridized carbons (Fsp3) is 0.0667. The predicted molar refractivity (Wildman–Crippen MR) is 75.6 cm³/mol. The maximum absolute atomic E-state index is 12.2. The zero-order valence-electron chi connectivity index (χ0n) is 9.67. The third kappa shape index (κ3) is 2.98. The lowest BCUT2D eigenvalue weighted by Crippen LogP contribution is -2.03. The number of ketones is 1. The normalized spacial score (nSPS) is 9.56. The molecule has 3 heteroatoms. The van der Waals surface area contributed by atoms with E-state index < -0.39 is 0 Å². The van der Waals surface area contributed by atoms with Gasteiger partial charge in [0.2, 0.25) is 0 Å². The number of benzene rings is 2. The van der Waals surface area contributed by atoms with Gasteiger partial charge in [-0.1, -0.05) is 42.5 Å². The number of carbonyl (C=O) groups is 1. The van der Waals surface area contributed by atoms with Gasteiger partial charge >= 0.3 is 0 Å². The zero-order valence-corrected chi connectivity index (χ0v) is 10.5. The van der Waals surface area contributed by atoms with E-state index in [2.05, 4.69) is 22.4 Å². The van der Waals surface area contributed by atoms with Crippen molar-refractivity contribution in [2.24, 2.45) is 4.99 Å². The monoisotopic (exact) mass is 253 g/mol. The SMILES string of the molecule is O=C(Cc1ccccc1)c1ccccc1N=C=S. The molecular formula is C15H11NOS. The molecule has 2 aromatic rings. The number of thiocarbonyl (C=S) groups is 1. The zero-order chi connectivity index (χ0) is 12.8. The van der Waals surface area contributed by atoms with Gasteiger partial charge in [0.1, 0.15) is 0 Å². The first-order chi connectivity index (χ1) is 8.81. The van der Waals surface area contributed by atoms with Crippen molar-refractivity contribution >= 4 is 28.8 Å². The van der Waals surface area contributed by atoms with Crippen LogP contribution >= 0.6 is 12.2 Å². The largest absolute Gasteiger partial charge is 0.294 e. The second-order valence-electron chi connectivity index (χ2n) is 3.81. The molecule has 0 fully saturated rings. The molecule has 0 heterocycles. The Labute approximate surface area is 111 Å². The van der Waals surface area contributed by atoms with Gasteiger partial charge in [0.25, 0.3) is 0 Å². The summed E-state index contributed by atoms with van der Waals surface area (Å²) in [7, 11) is 0. The third-order valence-electron chi connectivity index (χ3n) is 2.58. The molecule has 0 N–H and O–H groups in total. The molecule has 0 atom stereocenters. The standard InChI is InChI=1S/C15H11NOS/c17-15(10-12-6-2-1-3-7-12)13-8-4-5-9-14(13)16-11-18/h1-9H,10H2. The number of Topliss-reactive ketones (excluding diaryl/α,β-unsaturated/α-hetero) is 1. The van der Waals surface area contributed by atoms with E-state index in [-0.39, 0.29) is 5.78 Å². The quantitative estimate of drug-likeness (QED) is 0.470. The van der Waals surface area contributed by atoms with Gasteiger partial charge in [-0.25, -0.2) is 0 Å². The van der Waals surface area contributed by atoms with Gasteiger partial charge in [0, 0.05) is 12.0 Å². The third-order valence-corrected chi connectivity index (χ3v) is 2.67. The Balaban J connectivity index is 2.27. The van der Waals surface area contributed by atoms with Gasteiger partial charge in [-0.2, -0.15) is 4.99 Å². The molecule has 0 aliphatic heterocycles. The van der Waals surface area contributed by atoms with E-state index >= 15 is 0 Å². The summed E-state index contributed by atoms with van der Waals surface area (Å²) in [5, 5.41) is 2.30. The number of carbonyl (C=O) groups excluding carboxylic acids is 1. The minimum absolute atomic E-state index is 0.0331. The summed E-state index contributed by atoms with van der Waals surface area (Å²) in [6.07, 6.45) is 0.366. The Morgan fingerprint density at radius 3 is 2.44 bits per heavy atom. The van der Waals surface area contributed by atoms with Crippen LogP contribution < -0.4 is 0 Å². The van der Waals surface area contributed by atoms with E-state index in [9.17, 15) is 4.79 Å². The van der Waals surface area contributed by atoms with Crippen molar-refractivity contribution in [3.05, 3.63) is 65.7 Å². The van der Waals surface area contributed by atoms with Gasteiger partial charge in [-0.05, 0) is 29.9 Å². The van der Waals surface area contributed by atoms with E-state index in [0.717, 1.165) is 5.56 Å². The number of nitrogens with zero attached hydrogens (tertiary/aromatic N) is 1. The second-order valence-corrected chi connectivity index (χ2v) is 3.99. The highest BCUT2D eigenvalue weighted by molar-refractivity contribution is 7.78. The number of hydrogen-bond donors (Lipinski definition) is 0. The molecule has 0 saturated carbocycles. The summed E-state index contributed by atoms with van der Waals surface area (Å²) >= 11 is 4.58. The van der Waals surface area contributed by atoms with Gasteiger partial charge < -0.3 is 0 Å². The molecule has 0 radical (unpaired) electrons. The van der Waals surface area contributed by atoms with Crippen LogP contribution in [0.3, 0.4) is 0 Å². The summed E-state index contributed by atoms with van der Waals surface area (Å²) in [5.41, 5.74) is 2.15. The van der Waals surface area contributed by atoms with E-state index in [1.54, 1.807) is 12.1 Å². The molecule has 0 bridgehead atoms. The Morgan fingerprint density at radius 2 is 1.72 bits per heavy atom. The van der Waals surface area contributed by atoms with E-state index in [4.69, 9.17) is 0 Å². The molecule has 0 spiro atoms. The average Bonchev–Trinajstić information content (AvgIpc) is 2.41. The van der Waals surface area contributed by atoms with Crippen LogP contribution in [-0.4, -0.2) is 10.9 Å². The van der Waals surface area contributed by atoms with Crippen LogP contribution in [-0.2, 0) is 6.42 Å². The first-order valence-corrected chi connectivity index (χ1v) is 5.96. The van der Waals surface area contributed by atoms with Crippen LogP contribution in [0.15, 0.2) is 59.6 Å².